The Morgan fingerprint density at radius 2 is 1.88 bits per heavy atom. The lowest BCUT2D eigenvalue weighted by Crippen LogP contribution is -2.43. The van der Waals surface area contributed by atoms with Crippen molar-refractivity contribution in [3.63, 3.8) is 0 Å². The minimum absolute atomic E-state index is 0. The summed E-state index contributed by atoms with van der Waals surface area (Å²) in [5.74, 6) is 1.74. The molecule has 6 heteroatoms. The number of thiophene rings is 1. The number of ether oxygens (including phenoxy) is 1. The first-order valence-electron chi connectivity index (χ1n) is 8.24. The highest BCUT2D eigenvalue weighted by Crippen LogP contribution is 2.24. The highest BCUT2D eigenvalue weighted by molar-refractivity contribution is 14.0. The molecule has 0 bridgehead atoms. The summed E-state index contributed by atoms with van der Waals surface area (Å²) >= 11 is 1.73. The molecule has 2 N–H and O–H groups in total. The zero-order valence-corrected chi connectivity index (χ0v) is 18.5. The summed E-state index contributed by atoms with van der Waals surface area (Å²) in [6.45, 7) is 8.89. The lowest BCUT2D eigenvalue weighted by atomic mass is 9.84. The minimum atomic E-state index is -0.00854. The van der Waals surface area contributed by atoms with Crippen LogP contribution in [0.15, 0.2) is 46.8 Å². The summed E-state index contributed by atoms with van der Waals surface area (Å²) < 4.78 is 5.24. The number of hydrogen-bond donors (Lipinski definition) is 2. The van der Waals surface area contributed by atoms with Crippen LogP contribution in [0.3, 0.4) is 0 Å². The van der Waals surface area contributed by atoms with Crippen molar-refractivity contribution >= 4 is 41.3 Å². The fraction of sp³-hybridized carbons (Fsp3) is 0.421. The van der Waals surface area contributed by atoms with Crippen LogP contribution in [0, 0.1) is 0 Å². The van der Waals surface area contributed by atoms with Gasteiger partial charge in [-0.05, 0) is 36.1 Å². The van der Waals surface area contributed by atoms with Crippen LogP contribution >= 0.6 is 35.3 Å². The van der Waals surface area contributed by atoms with Crippen LogP contribution in [0.1, 0.15) is 31.2 Å². The van der Waals surface area contributed by atoms with E-state index in [9.17, 15) is 0 Å². The molecule has 2 rings (SSSR count). The Balaban J connectivity index is 0.00000312. The van der Waals surface area contributed by atoms with Crippen molar-refractivity contribution in [3.8, 4) is 5.75 Å². The van der Waals surface area contributed by atoms with Crippen molar-refractivity contribution in [2.24, 2.45) is 4.99 Å². The Morgan fingerprint density at radius 1 is 1.16 bits per heavy atom. The number of hydrogen-bond acceptors (Lipinski definition) is 3. The first-order chi connectivity index (χ1) is 11.5. The molecule has 1 heterocycles. The predicted octanol–water partition coefficient (Wildman–Crippen LogP) is 4.41. The highest BCUT2D eigenvalue weighted by atomic mass is 127. The lowest BCUT2D eigenvalue weighted by molar-refractivity contribution is 0.414. The molecule has 4 nitrogen and oxygen atoms in total. The van der Waals surface area contributed by atoms with E-state index in [2.05, 4.69) is 66.0 Å². The predicted molar refractivity (Wildman–Crippen MR) is 119 cm³/mol. The lowest BCUT2D eigenvalue weighted by Gasteiger charge is -2.27. The van der Waals surface area contributed by atoms with Crippen LogP contribution in [0.2, 0.25) is 0 Å². The largest absolute Gasteiger partial charge is 0.497 e. The molecule has 0 saturated carbocycles. The second-order valence-electron chi connectivity index (χ2n) is 6.24. The van der Waals surface area contributed by atoms with Crippen molar-refractivity contribution in [3.05, 3.63) is 52.2 Å². The third-order valence-corrected chi connectivity index (χ3v) is 4.75. The Morgan fingerprint density at radius 3 is 2.44 bits per heavy atom. The molecule has 0 radical (unpaired) electrons. The van der Waals surface area contributed by atoms with E-state index in [4.69, 9.17) is 4.74 Å². The van der Waals surface area contributed by atoms with E-state index in [1.807, 2.05) is 12.1 Å². The molecular weight excluding hydrogens is 445 g/mol. The molecule has 1 aromatic heterocycles. The fourth-order valence-electron chi connectivity index (χ4n) is 2.35. The Hall–Kier alpha value is -1.28. The van der Waals surface area contributed by atoms with Crippen LogP contribution in [0.25, 0.3) is 0 Å². The Kier molecular flexibility index (Phi) is 9.27. The normalized spacial score (nSPS) is 11.6. The summed E-state index contributed by atoms with van der Waals surface area (Å²) in [7, 11) is 1.69. The van der Waals surface area contributed by atoms with E-state index in [1.54, 1.807) is 18.4 Å². The second kappa shape index (κ2) is 10.7. The molecule has 0 spiro atoms. The molecule has 0 amide bonds. The average Bonchev–Trinajstić information content (AvgIpc) is 3.11. The number of aliphatic imine (C=N–C) groups is 1. The maximum Gasteiger partial charge on any atom is 0.191 e. The van der Waals surface area contributed by atoms with Crippen molar-refractivity contribution < 1.29 is 4.74 Å². The number of guanidine groups is 1. The van der Waals surface area contributed by atoms with Crippen LogP contribution in [0.5, 0.6) is 5.75 Å². The van der Waals surface area contributed by atoms with Crippen LogP contribution in [-0.4, -0.2) is 26.2 Å². The molecule has 0 fully saturated rings. The zero-order chi connectivity index (χ0) is 17.4. The van der Waals surface area contributed by atoms with E-state index in [-0.39, 0.29) is 29.4 Å². The van der Waals surface area contributed by atoms with Gasteiger partial charge in [-0.15, -0.1) is 35.3 Å². The van der Waals surface area contributed by atoms with E-state index < -0.39 is 0 Å². The van der Waals surface area contributed by atoms with Gasteiger partial charge in [0.2, 0.25) is 0 Å². The molecule has 0 aliphatic carbocycles. The topological polar surface area (TPSA) is 45.7 Å². The van der Waals surface area contributed by atoms with Gasteiger partial charge in [-0.25, -0.2) is 4.99 Å². The maximum atomic E-state index is 5.24. The van der Waals surface area contributed by atoms with Gasteiger partial charge in [-0.3, -0.25) is 0 Å². The van der Waals surface area contributed by atoms with Crippen molar-refractivity contribution in [2.45, 2.75) is 32.7 Å². The SMILES string of the molecule is CCNC(=NCc1cccs1)NCC(C)(C)c1ccc(OC)cc1.I. The van der Waals surface area contributed by atoms with Crippen molar-refractivity contribution in [2.75, 3.05) is 20.2 Å². The number of rotatable bonds is 7. The summed E-state index contributed by atoms with van der Waals surface area (Å²) in [5, 5.41) is 8.85. The van der Waals surface area contributed by atoms with Crippen LogP contribution in [-0.2, 0) is 12.0 Å². The first-order valence-corrected chi connectivity index (χ1v) is 9.12. The molecule has 0 unspecified atom stereocenters. The third kappa shape index (κ3) is 6.86. The molecular formula is C19H28IN3OS. The fourth-order valence-corrected chi connectivity index (χ4v) is 2.98. The highest BCUT2D eigenvalue weighted by Gasteiger charge is 2.21. The monoisotopic (exact) mass is 473 g/mol. The van der Waals surface area contributed by atoms with Gasteiger partial charge in [0.05, 0.1) is 13.7 Å². The van der Waals surface area contributed by atoms with Gasteiger partial charge in [0, 0.05) is 23.4 Å². The van der Waals surface area contributed by atoms with Gasteiger partial charge in [0.25, 0.3) is 0 Å². The Labute approximate surface area is 172 Å². The van der Waals surface area contributed by atoms with Crippen molar-refractivity contribution in [1.82, 2.24) is 10.6 Å². The van der Waals surface area contributed by atoms with Gasteiger partial charge in [-0.1, -0.05) is 32.0 Å². The molecule has 0 saturated heterocycles. The summed E-state index contributed by atoms with van der Waals surface area (Å²) in [6.07, 6.45) is 0. The first kappa shape index (κ1) is 21.8. The smallest absolute Gasteiger partial charge is 0.191 e. The second-order valence-corrected chi connectivity index (χ2v) is 7.27. The van der Waals surface area contributed by atoms with Crippen LogP contribution in [0.4, 0.5) is 0 Å². The van der Waals surface area contributed by atoms with Gasteiger partial charge < -0.3 is 15.4 Å². The van der Waals surface area contributed by atoms with E-state index in [0.29, 0.717) is 6.54 Å². The standard InChI is InChI=1S/C19H27N3OS.HI/c1-5-20-18(21-13-17-7-6-12-24-17)22-14-19(2,3)15-8-10-16(23-4)11-9-15;/h6-12H,5,13-14H2,1-4H3,(H2,20,21,22);1H. The average molecular weight is 473 g/mol. The van der Waals surface area contributed by atoms with Gasteiger partial charge in [0.15, 0.2) is 5.96 Å². The van der Waals surface area contributed by atoms with E-state index in [0.717, 1.165) is 24.8 Å². The maximum absolute atomic E-state index is 5.24. The molecule has 2 aromatic rings. The number of nitrogens with one attached hydrogen (secondary N) is 2. The molecule has 138 valence electrons. The Bertz CT molecular complexity index is 639. The van der Waals surface area contributed by atoms with E-state index >= 15 is 0 Å². The molecule has 0 aliphatic rings. The molecule has 0 atom stereocenters. The molecule has 0 aliphatic heterocycles. The van der Waals surface area contributed by atoms with Gasteiger partial charge in [0.1, 0.15) is 5.75 Å². The summed E-state index contributed by atoms with van der Waals surface area (Å²) in [6, 6.07) is 12.4. The number of halogens is 1. The molecule has 1 aromatic carbocycles. The summed E-state index contributed by atoms with van der Waals surface area (Å²) in [4.78, 5) is 5.93. The minimum Gasteiger partial charge on any atom is -0.497 e. The molecule has 25 heavy (non-hydrogen) atoms. The van der Waals surface area contributed by atoms with E-state index in [1.165, 1.54) is 10.4 Å². The van der Waals surface area contributed by atoms with Gasteiger partial charge >= 0.3 is 0 Å². The third-order valence-electron chi connectivity index (χ3n) is 3.89. The van der Waals surface area contributed by atoms with Crippen molar-refractivity contribution in [1.29, 1.82) is 0 Å². The number of benzene rings is 1. The van der Waals surface area contributed by atoms with Crippen LogP contribution < -0.4 is 15.4 Å². The van der Waals surface area contributed by atoms with Gasteiger partial charge in [-0.2, -0.15) is 0 Å². The summed E-state index contributed by atoms with van der Waals surface area (Å²) in [5.41, 5.74) is 1.26. The zero-order valence-electron chi connectivity index (χ0n) is 15.3. The quantitative estimate of drug-likeness (QED) is 0.356. The number of methoxy groups -OCH3 is 1. The number of nitrogens with zero attached hydrogens (tertiary/aromatic N) is 1.